The molecule has 0 aromatic heterocycles. The number of aliphatic imine (C=N–C) groups is 1. The fourth-order valence-corrected chi connectivity index (χ4v) is 5.49. The Balaban J connectivity index is 1.46. The van der Waals surface area contributed by atoms with Crippen LogP contribution in [0.3, 0.4) is 0 Å². The van der Waals surface area contributed by atoms with E-state index >= 15 is 0 Å². The van der Waals surface area contributed by atoms with Crippen LogP contribution in [-0.2, 0) is 10.0 Å². The summed E-state index contributed by atoms with van der Waals surface area (Å²) in [5.41, 5.74) is 1.68. The van der Waals surface area contributed by atoms with Crippen LogP contribution < -0.4 is 4.74 Å². The molecule has 2 heterocycles. The Morgan fingerprint density at radius 1 is 0.742 bits per heavy atom. The molecule has 2 aliphatic rings. The average Bonchev–Trinajstić information content (AvgIpc) is 3.15. The van der Waals surface area contributed by atoms with Crippen LogP contribution in [0.1, 0.15) is 12.0 Å². The van der Waals surface area contributed by atoms with E-state index in [1.54, 1.807) is 28.6 Å². The number of sulfonamides is 1. The lowest BCUT2D eigenvalue weighted by atomic mass is 10.1. The third-order valence-electron chi connectivity index (χ3n) is 5.57. The molecule has 7 heteroatoms. The van der Waals surface area contributed by atoms with E-state index in [2.05, 4.69) is 4.90 Å². The average molecular weight is 434 g/mol. The van der Waals surface area contributed by atoms with E-state index in [0.29, 0.717) is 30.3 Å². The summed E-state index contributed by atoms with van der Waals surface area (Å²) in [6.45, 7) is 2.16. The Labute approximate surface area is 182 Å². The molecule has 0 saturated carbocycles. The van der Waals surface area contributed by atoms with Gasteiger partial charge in [0.1, 0.15) is 17.3 Å². The zero-order valence-electron chi connectivity index (χ0n) is 17.0. The molecular formula is C24H23N3O3S. The number of hydrogen-bond donors (Lipinski definition) is 0. The standard InChI is InChI=1S/C24H23N3O3S/c28-31(29,19-9-2-1-3-10-19)27-16-8-15-26(17-18-27)24-20-11-4-6-13-22(20)30-23-14-7-5-12-21(23)25-24/h1-7,9-14H,8,15-18H2. The molecule has 3 aromatic carbocycles. The van der Waals surface area contributed by atoms with Gasteiger partial charge in [0.25, 0.3) is 0 Å². The zero-order valence-corrected chi connectivity index (χ0v) is 17.8. The smallest absolute Gasteiger partial charge is 0.243 e. The molecule has 31 heavy (non-hydrogen) atoms. The van der Waals surface area contributed by atoms with Gasteiger partial charge in [-0.15, -0.1) is 0 Å². The van der Waals surface area contributed by atoms with Crippen molar-refractivity contribution in [2.24, 2.45) is 4.99 Å². The maximum absolute atomic E-state index is 13.1. The van der Waals surface area contributed by atoms with Crippen molar-refractivity contribution in [3.8, 4) is 11.5 Å². The lowest BCUT2D eigenvalue weighted by molar-refractivity contribution is 0.407. The van der Waals surface area contributed by atoms with Crippen LogP contribution in [0.2, 0.25) is 0 Å². The van der Waals surface area contributed by atoms with Gasteiger partial charge < -0.3 is 9.64 Å². The predicted molar refractivity (Wildman–Crippen MR) is 121 cm³/mol. The highest BCUT2D eigenvalue weighted by Crippen LogP contribution is 2.38. The minimum atomic E-state index is -3.51. The molecule has 0 amide bonds. The highest BCUT2D eigenvalue weighted by atomic mass is 32.2. The van der Waals surface area contributed by atoms with E-state index in [4.69, 9.17) is 9.73 Å². The second kappa shape index (κ2) is 8.17. The molecule has 0 spiro atoms. The lowest BCUT2D eigenvalue weighted by Crippen LogP contribution is -2.37. The van der Waals surface area contributed by atoms with Crippen LogP contribution in [0.15, 0.2) is 88.8 Å². The lowest BCUT2D eigenvalue weighted by Gasteiger charge is -2.25. The number of para-hydroxylation sites is 3. The van der Waals surface area contributed by atoms with Gasteiger partial charge in [-0.1, -0.05) is 42.5 Å². The molecule has 0 bridgehead atoms. The van der Waals surface area contributed by atoms with Crippen LogP contribution in [0, 0.1) is 0 Å². The topological polar surface area (TPSA) is 62.2 Å². The number of hydrogen-bond acceptors (Lipinski definition) is 5. The molecule has 0 N–H and O–H groups in total. The van der Waals surface area contributed by atoms with Crippen molar-refractivity contribution in [1.82, 2.24) is 9.21 Å². The van der Waals surface area contributed by atoms with Gasteiger partial charge >= 0.3 is 0 Å². The normalized spacial score (nSPS) is 16.9. The largest absolute Gasteiger partial charge is 0.454 e. The van der Waals surface area contributed by atoms with Crippen LogP contribution in [0.25, 0.3) is 0 Å². The van der Waals surface area contributed by atoms with Gasteiger partial charge in [0, 0.05) is 26.2 Å². The molecule has 5 rings (SSSR count). The van der Waals surface area contributed by atoms with Crippen molar-refractivity contribution < 1.29 is 13.2 Å². The van der Waals surface area contributed by atoms with Crippen molar-refractivity contribution in [3.05, 3.63) is 84.4 Å². The Morgan fingerprint density at radius 2 is 1.45 bits per heavy atom. The van der Waals surface area contributed by atoms with E-state index in [1.165, 1.54) is 0 Å². The molecule has 3 aromatic rings. The summed E-state index contributed by atoms with van der Waals surface area (Å²) in [6, 6.07) is 24.2. The van der Waals surface area contributed by atoms with Crippen molar-refractivity contribution >= 4 is 21.5 Å². The molecule has 1 saturated heterocycles. The molecule has 6 nitrogen and oxygen atoms in total. The van der Waals surface area contributed by atoms with E-state index in [9.17, 15) is 8.42 Å². The number of rotatable bonds is 2. The number of fused-ring (bicyclic) bond motifs is 2. The minimum Gasteiger partial charge on any atom is -0.454 e. The predicted octanol–water partition coefficient (Wildman–Crippen LogP) is 4.27. The molecule has 0 unspecified atom stereocenters. The van der Waals surface area contributed by atoms with E-state index in [0.717, 1.165) is 35.8 Å². The Kier molecular flexibility index (Phi) is 5.21. The third kappa shape index (κ3) is 3.82. The minimum absolute atomic E-state index is 0.336. The Hall–Kier alpha value is -3.16. The van der Waals surface area contributed by atoms with E-state index in [1.807, 2.05) is 54.6 Å². The van der Waals surface area contributed by atoms with Crippen molar-refractivity contribution in [1.29, 1.82) is 0 Å². The molecule has 0 atom stereocenters. The summed E-state index contributed by atoms with van der Waals surface area (Å²) in [7, 11) is -3.51. The number of benzene rings is 3. The summed E-state index contributed by atoms with van der Waals surface area (Å²) in [4.78, 5) is 7.45. The fourth-order valence-electron chi connectivity index (χ4n) is 4.00. The van der Waals surface area contributed by atoms with Crippen molar-refractivity contribution in [2.75, 3.05) is 26.2 Å². The van der Waals surface area contributed by atoms with Crippen LogP contribution in [0.4, 0.5) is 5.69 Å². The molecule has 1 fully saturated rings. The summed E-state index contributed by atoms with van der Waals surface area (Å²) in [5, 5.41) is 0. The first-order valence-electron chi connectivity index (χ1n) is 10.4. The molecule has 0 aliphatic carbocycles. The van der Waals surface area contributed by atoms with Crippen molar-refractivity contribution in [3.63, 3.8) is 0 Å². The Bertz CT molecular complexity index is 1230. The van der Waals surface area contributed by atoms with Gasteiger partial charge in [-0.25, -0.2) is 13.4 Å². The molecule has 2 aliphatic heterocycles. The van der Waals surface area contributed by atoms with Gasteiger partial charge in [-0.3, -0.25) is 0 Å². The van der Waals surface area contributed by atoms with Gasteiger partial charge in [0.2, 0.25) is 10.0 Å². The fraction of sp³-hybridized carbons (Fsp3) is 0.208. The van der Waals surface area contributed by atoms with Crippen LogP contribution >= 0.6 is 0 Å². The van der Waals surface area contributed by atoms with E-state index < -0.39 is 10.0 Å². The van der Waals surface area contributed by atoms with Crippen molar-refractivity contribution in [2.45, 2.75) is 11.3 Å². The van der Waals surface area contributed by atoms with Crippen LogP contribution in [0.5, 0.6) is 11.5 Å². The highest BCUT2D eigenvalue weighted by Gasteiger charge is 2.29. The van der Waals surface area contributed by atoms with Gasteiger partial charge in [-0.05, 0) is 42.8 Å². The third-order valence-corrected chi connectivity index (χ3v) is 7.49. The summed E-state index contributed by atoms with van der Waals surface area (Å²) < 4.78 is 33.9. The molecule has 0 radical (unpaired) electrons. The van der Waals surface area contributed by atoms with E-state index in [-0.39, 0.29) is 0 Å². The second-order valence-corrected chi connectivity index (χ2v) is 9.50. The van der Waals surface area contributed by atoms with Gasteiger partial charge in [0.05, 0.1) is 10.5 Å². The molecular weight excluding hydrogens is 410 g/mol. The first-order valence-corrected chi connectivity index (χ1v) is 11.8. The van der Waals surface area contributed by atoms with Gasteiger partial charge in [-0.2, -0.15) is 4.31 Å². The second-order valence-electron chi connectivity index (χ2n) is 7.56. The monoisotopic (exact) mass is 433 g/mol. The number of nitrogens with zero attached hydrogens (tertiary/aromatic N) is 3. The maximum Gasteiger partial charge on any atom is 0.243 e. The van der Waals surface area contributed by atoms with Crippen LogP contribution in [-0.4, -0.2) is 49.6 Å². The maximum atomic E-state index is 13.1. The number of ether oxygens (including phenoxy) is 1. The van der Waals surface area contributed by atoms with Gasteiger partial charge in [0.15, 0.2) is 5.75 Å². The quantitative estimate of drug-likeness (QED) is 0.606. The molecule has 158 valence electrons. The highest BCUT2D eigenvalue weighted by molar-refractivity contribution is 7.89. The first kappa shape index (κ1) is 19.8. The zero-order chi connectivity index (χ0) is 21.3. The summed E-state index contributed by atoms with van der Waals surface area (Å²) in [5.74, 6) is 2.29. The summed E-state index contributed by atoms with van der Waals surface area (Å²) in [6.07, 6.45) is 0.718. The first-order chi connectivity index (χ1) is 15.1. The number of amidine groups is 1. The SMILES string of the molecule is O=S(=O)(c1ccccc1)N1CCCN(C2=Nc3ccccc3Oc3ccccc32)CC1. The Morgan fingerprint density at radius 3 is 2.29 bits per heavy atom. The summed E-state index contributed by atoms with van der Waals surface area (Å²) >= 11 is 0.